The van der Waals surface area contributed by atoms with Gasteiger partial charge in [-0.25, -0.2) is 0 Å². The summed E-state index contributed by atoms with van der Waals surface area (Å²) < 4.78 is 16.8. The van der Waals surface area contributed by atoms with E-state index in [2.05, 4.69) is 18.3 Å². The zero-order valence-corrected chi connectivity index (χ0v) is 11.5. The average molecular weight is 251 g/mol. The maximum atomic E-state index is 5.80. The molecule has 1 aromatic rings. The number of methoxy groups -OCH3 is 2. The fourth-order valence-electron chi connectivity index (χ4n) is 2.35. The van der Waals surface area contributed by atoms with E-state index in [4.69, 9.17) is 14.2 Å². The van der Waals surface area contributed by atoms with Crippen molar-refractivity contribution < 1.29 is 14.2 Å². The van der Waals surface area contributed by atoms with E-state index in [0.717, 1.165) is 42.3 Å². The standard InChI is InChI=1S/C14H21NO3/c1-9-7-11(12-8-15-5-6-18-12)14(17-4)13(16-3)10(9)2/h7,12,15H,5-6,8H2,1-4H3. The molecule has 1 unspecified atom stereocenters. The molecule has 4 heteroatoms. The second kappa shape index (κ2) is 5.59. The molecule has 1 fully saturated rings. The Hall–Kier alpha value is -1.26. The summed E-state index contributed by atoms with van der Waals surface area (Å²) in [6.07, 6.45) is 0.0295. The van der Waals surface area contributed by atoms with Crippen LogP contribution in [-0.4, -0.2) is 33.9 Å². The van der Waals surface area contributed by atoms with Crippen LogP contribution in [0.1, 0.15) is 22.8 Å². The predicted octanol–water partition coefficient (Wildman–Crippen LogP) is 1.98. The number of benzene rings is 1. The maximum Gasteiger partial charge on any atom is 0.166 e. The lowest BCUT2D eigenvalue weighted by molar-refractivity contribution is 0.0260. The first-order valence-electron chi connectivity index (χ1n) is 6.23. The van der Waals surface area contributed by atoms with Crippen molar-refractivity contribution in [2.45, 2.75) is 20.0 Å². The minimum atomic E-state index is 0.0295. The van der Waals surface area contributed by atoms with Gasteiger partial charge in [0.25, 0.3) is 0 Å². The van der Waals surface area contributed by atoms with Crippen LogP contribution in [0.3, 0.4) is 0 Å². The normalized spacial score (nSPS) is 19.7. The molecule has 0 radical (unpaired) electrons. The third-order valence-electron chi connectivity index (χ3n) is 3.46. The molecule has 1 heterocycles. The summed E-state index contributed by atoms with van der Waals surface area (Å²) in [5, 5.41) is 3.33. The number of aryl methyl sites for hydroxylation is 1. The van der Waals surface area contributed by atoms with E-state index in [9.17, 15) is 0 Å². The van der Waals surface area contributed by atoms with Crippen LogP contribution in [-0.2, 0) is 4.74 Å². The Kier molecular flexibility index (Phi) is 4.09. The number of nitrogens with one attached hydrogen (secondary N) is 1. The minimum absolute atomic E-state index is 0.0295. The molecule has 1 saturated heterocycles. The summed E-state index contributed by atoms with van der Waals surface area (Å²) in [6.45, 7) is 6.56. The van der Waals surface area contributed by atoms with E-state index in [0.29, 0.717) is 0 Å². The van der Waals surface area contributed by atoms with Crippen LogP contribution in [0, 0.1) is 13.8 Å². The number of ether oxygens (including phenoxy) is 3. The number of hydrogen-bond donors (Lipinski definition) is 1. The number of morpholine rings is 1. The summed E-state index contributed by atoms with van der Waals surface area (Å²) in [5.41, 5.74) is 3.36. The molecule has 1 aliphatic heterocycles. The molecular formula is C14H21NO3. The maximum absolute atomic E-state index is 5.80. The van der Waals surface area contributed by atoms with Crippen molar-refractivity contribution in [1.29, 1.82) is 0 Å². The summed E-state index contributed by atoms with van der Waals surface area (Å²) >= 11 is 0. The number of rotatable bonds is 3. The minimum Gasteiger partial charge on any atom is -0.493 e. The van der Waals surface area contributed by atoms with Crippen LogP contribution in [0.25, 0.3) is 0 Å². The lowest BCUT2D eigenvalue weighted by atomic mass is 9.99. The fourth-order valence-corrected chi connectivity index (χ4v) is 2.35. The van der Waals surface area contributed by atoms with Crippen LogP contribution in [0.5, 0.6) is 11.5 Å². The highest BCUT2D eigenvalue weighted by molar-refractivity contribution is 5.55. The molecule has 2 rings (SSSR count). The Labute approximate surface area is 108 Å². The predicted molar refractivity (Wildman–Crippen MR) is 70.6 cm³/mol. The van der Waals surface area contributed by atoms with Crippen LogP contribution in [0.4, 0.5) is 0 Å². The first kappa shape index (κ1) is 13.2. The topological polar surface area (TPSA) is 39.7 Å². The van der Waals surface area contributed by atoms with Crippen molar-refractivity contribution in [3.63, 3.8) is 0 Å². The second-order valence-electron chi connectivity index (χ2n) is 4.54. The molecule has 0 aliphatic carbocycles. The van der Waals surface area contributed by atoms with Crippen LogP contribution in [0.15, 0.2) is 6.07 Å². The molecular weight excluding hydrogens is 230 g/mol. The molecule has 0 amide bonds. The van der Waals surface area contributed by atoms with Gasteiger partial charge in [0, 0.05) is 18.7 Å². The highest BCUT2D eigenvalue weighted by atomic mass is 16.5. The third-order valence-corrected chi connectivity index (χ3v) is 3.46. The summed E-state index contributed by atoms with van der Waals surface area (Å²) in [6, 6.07) is 2.13. The van der Waals surface area contributed by atoms with Crippen LogP contribution >= 0.6 is 0 Å². The van der Waals surface area contributed by atoms with Gasteiger partial charge >= 0.3 is 0 Å². The van der Waals surface area contributed by atoms with Gasteiger partial charge in [-0.05, 0) is 31.0 Å². The Bertz CT molecular complexity index is 426. The van der Waals surface area contributed by atoms with Crippen molar-refractivity contribution in [2.24, 2.45) is 0 Å². The smallest absolute Gasteiger partial charge is 0.166 e. The van der Waals surface area contributed by atoms with E-state index in [1.54, 1.807) is 14.2 Å². The van der Waals surface area contributed by atoms with E-state index < -0.39 is 0 Å². The largest absolute Gasteiger partial charge is 0.493 e. The van der Waals surface area contributed by atoms with Gasteiger partial charge in [0.2, 0.25) is 0 Å². The van der Waals surface area contributed by atoms with Crippen LogP contribution < -0.4 is 14.8 Å². The lowest BCUT2D eigenvalue weighted by Crippen LogP contribution is -2.33. The highest BCUT2D eigenvalue weighted by Gasteiger charge is 2.24. The van der Waals surface area contributed by atoms with Gasteiger partial charge in [-0.3, -0.25) is 0 Å². The summed E-state index contributed by atoms with van der Waals surface area (Å²) in [5.74, 6) is 1.59. The molecule has 0 bridgehead atoms. The van der Waals surface area contributed by atoms with Gasteiger partial charge in [0.15, 0.2) is 11.5 Å². The molecule has 100 valence electrons. The Morgan fingerprint density at radius 2 is 1.94 bits per heavy atom. The Morgan fingerprint density at radius 1 is 1.22 bits per heavy atom. The second-order valence-corrected chi connectivity index (χ2v) is 4.54. The molecule has 1 N–H and O–H groups in total. The molecule has 0 spiro atoms. The summed E-state index contributed by atoms with van der Waals surface area (Å²) in [7, 11) is 3.35. The van der Waals surface area contributed by atoms with Gasteiger partial charge in [-0.15, -0.1) is 0 Å². The fraction of sp³-hybridized carbons (Fsp3) is 0.571. The van der Waals surface area contributed by atoms with Crippen molar-refractivity contribution >= 4 is 0 Å². The average Bonchev–Trinajstić information content (AvgIpc) is 2.42. The van der Waals surface area contributed by atoms with E-state index >= 15 is 0 Å². The molecule has 18 heavy (non-hydrogen) atoms. The summed E-state index contributed by atoms with van der Waals surface area (Å²) in [4.78, 5) is 0. The van der Waals surface area contributed by atoms with Gasteiger partial charge in [0.05, 0.1) is 26.9 Å². The van der Waals surface area contributed by atoms with E-state index in [1.165, 1.54) is 5.56 Å². The number of hydrogen-bond acceptors (Lipinski definition) is 4. The van der Waals surface area contributed by atoms with Crippen molar-refractivity contribution in [3.8, 4) is 11.5 Å². The molecule has 4 nitrogen and oxygen atoms in total. The van der Waals surface area contributed by atoms with E-state index in [1.807, 2.05) is 6.92 Å². The molecule has 1 aromatic carbocycles. The molecule has 1 atom stereocenters. The Morgan fingerprint density at radius 3 is 2.50 bits per heavy atom. The molecule has 1 aliphatic rings. The van der Waals surface area contributed by atoms with Gasteiger partial charge in [0.1, 0.15) is 0 Å². The highest BCUT2D eigenvalue weighted by Crippen LogP contribution is 2.40. The lowest BCUT2D eigenvalue weighted by Gasteiger charge is -2.27. The first-order valence-corrected chi connectivity index (χ1v) is 6.23. The quantitative estimate of drug-likeness (QED) is 0.891. The van der Waals surface area contributed by atoms with Crippen molar-refractivity contribution in [2.75, 3.05) is 33.9 Å². The Balaban J connectivity index is 2.47. The SMILES string of the molecule is COc1c(C2CNCCO2)cc(C)c(C)c1OC. The third kappa shape index (κ3) is 2.31. The van der Waals surface area contributed by atoms with Crippen molar-refractivity contribution in [1.82, 2.24) is 5.32 Å². The zero-order chi connectivity index (χ0) is 13.1. The van der Waals surface area contributed by atoms with Crippen molar-refractivity contribution in [3.05, 3.63) is 22.8 Å². The van der Waals surface area contributed by atoms with Gasteiger partial charge < -0.3 is 19.5 Å². The van der Waals surface area contributed by atoms with Gasteiger partial charge in [-0.1, -0.05) is 0 Å². The van der Waals surface area contributed by atoms with Gasteiger partial charge in [-0.2, -0.15) is 0 Å². The van der Waals surface area contributed by atoms with E-state index in [-0.39, 0.29) is 6.10 Å². The monoisotopic (exact) mass is 251 g/mol. The molecule has 0 saturated carbocycles. The first-order chi connectivity index (χ1) is 8.69. The molecule has 0 aromatic heterocycles. The zero-order valence-electron chi connectivity index (χ0n) is 11.5. The van der Waals surface area contributed by atoms with Crippen LogP contribution in [0.2, 0.25) is 0 Å².